The second-order valence-corrected chi connectivity index (χ2v) is 9.81. The predicted octanol–water partition coefficient (Wildman–Crippen LogP) is 3.76. The molecule has 10 heteroatoms. The molecule has 1 fully saturated rings. The summed E-state index contributed by atoms with van der Waals surface area (Å²) in [6.45, 7) is 2.15. The van der Waals surface area contributed by atoms with Gasteiger partial charge in [0.05, 0.1) is 10.9 Å². The summed E-state index contributed by atoms with van der Waals surface area (Å²) in [5, 5.41) is 11.3. The maximum Gasteiger partial charge on any atom is 0.286 e. The van der Waals surface area contributed by atoms with E-state index in [1.54, 1.807) is 31.2 Å². The first kappa shape index (κ1) is 20.6. The number of sulfonamides is 1. The van der Waals surface area contributed by atoms with Crippen LogP contribution in [0.3, 0.4) is 0 Å². The molecule has 0 saturated carbocycles. The van der Waals surface area contributed by atoms with Crippen molar-refractivity contribution < 1.29 is 17.6 Å². The van der Waals surface area contributed by atoms with Crippen LogP contribution in [0.5, 0.6) is 0 Å². The lowest BCUT2D eigenvalue weighted by Gasteiger charge is -2.23. The van der Waals surface area contributed by atoms with Gasteiger partial charge in [-0.1, -0.05) is 29.5 Å². The molecule has 1 amide bonds. The topological polar surface area (TPSA) is 92.3 Å². The van der Waals surface area contributed by atoms with Crippen molar-refractivity contribution in [3.05, 3.63) is 69.9 Å². The zero-order valence-electron chi connectivity index (χ0n) is 16.1. The third-order valence-electron chi connectivity index (χ3n) is 4.91. The molecule has 0 aliphatic carbocycles. The molecule has 0 unspecified atom stereocenters. The SMILES string of the molecule is Cc1ccccc1S(=O)(=O)N1CCC[C@@H]1c1nnc(C(=O)Nc2ccc(F)cc2)s1. The quantitative estimate of drug-likeness (QED) is 0.644. The Balaban J connectivity index is 1.55. The molecule has 156 valence electrons. The van der Waals surface area contributed by atoms with Crippen LogP contribution >= 0.6 is 11.3 Å². The first-order valence-corrected chi connectivity index (χ1v) is 11.6. The normalized spacial score (nSPS) is 17.2. The third kappa shape index (κ3) is 3.98. The minimum absolute atomic E-state index is 0.120. The van der Waals surface area contributed by atoms with Crippen molar-refractivity contribution in [1.82, 2.24) is 14.5 Å². The highest BCUT2D eigenvalue weighted by atomic mass is 32.2. The Morgan fingerprint density at radius 3 is 2.63 bits per heavy atom. The molecule has 1 saturated heterocycles. The molecule has 1 aromatic heterocycles. The summed E-state index contributed by atoms with van der Waals surface area (Å²) in [5.74, 6) is -0.876. The summed E-state index contributed by atoms with van der Waals surface area (Å²) in [4.78, 5) is 12.7. The Kier molecular flexibility index (Phi) is 5.63. The summed E-state index contributed by atoms with van der Waals surface area (Å²) >= 11 is 1.07. The largest absolute Gasteiger partial charge is 0.320 e. The standard InChI is InChI=1S/C20H19FN4O3S2/c1-13-5-2-3-7-17(13)30(27,28)25-12-4-6-16(25)19-23-24-20(29-19)18(26)22-15-10-8-14(21)9-11-15/h2-3,5,7-11,16H,4,6,12H2,1H3,(H,22,26)/t16-/m1/s1. The number of aryl methyl sites for hydroxylation is 1. The van der Waals surface area contributed by atoms with Crippen LogP contribution in [-0.2, 0) is 10.0 Å². The molecule has 2 aromatic carbocycles. The Morgan fingerprint density at radius 2 is 1.90 bits per heavy atom. The van der Waals surface area contributed by atoms with Crippen LogP contribution in [0, 0.1) is 12.7 Å². The Bertz CT molecular complexity index is 1180. The highest BCUT2D eigenvalue weighted by molar-refractivity contribution is 7.89. The van der Waals surface area contributed by atoms with Gasteiger partial charge in [-0.25, -0.2) is 12.8 Å². The summed E-state index contributed by atoms with van der Waals surface area (Å²) in [6, 6.07) is 11.8. The number of hydrogen-bond donors (Lipinski definition) is 1. The molecule has 3 aromatic rings. The van der Waals surface area contributed by atoms with Crippen LogP contribution in [0.15, 0.2) is 53.4 Å². The van der Waals surface area contributed by atoms with Crippen LogP contribution in [0.1, 0.15) is 39.3 Å². The van der Waals surface area contributed by atoms with Crippen molar-refractivity contribution in [3.8, 4) is 0 Å². The van der Waals surface area contributed by atoms with Gasteiger partial charge in [-0.05, 0) is 55.7 Å². The molecule has 7 nitrogen and oxygen atoms in total. The van der Waals surface area contributed by atoms with Crippen LogP contribution in [0.4, 0.5) is 10.1 Å². The van der Waals surface area contributed by atoms with Gasteiger partial charge in [-0.3, -0.25) is 4.79 Å². The first-order chi connectivity index (χ1) is 14.4. The number of carbonyl (C=O) groups excluding carboxylic acids is 1. The van der Waals surface area contributed by atoms with Crippen molar-refractivity contribution in [2.24, 2.45) is 0 Å². The first-order valence-electron chi connectivity index (χ1n) is 9.34. The summed E-state index contributed by atoms with van der Waals surface area (Å²) in [6.07, 6.45) is 1.31. The lowest BCUT2D eigenvalue weighted by atomic mass is 10.2. The van der Waals surface area contributed by atoms with Gasteiger partial charge in [-0.15, -0.1) is 10.2 Å². The number of nitrogens with one attached hydrogen (secondary N) is 1. The second kappa shape index (κ2) is 8.21. The van der Waals surface area contributed by atoms with E-state index in [0.29, 0.717) is 35.6 Å². The summed E-state index contributed by atoms with van der Waals surface area (Å²) in [7, 11) is -3.69. The molecule has 1 aliphatic rings. The molecule has 1 N–H and O–H groups in total. The van der Waals surface area contributed by atoms with E-state index in [4.69, 9.17) is 0 Å². The van der Waals surface area contributed by atoms with Crippen LogP contribution in [0.25, 0.3) is 0 Å². The van der Waals surface area contributed by atoms with Gasteiger partial charge in [0.15, 0.2) is 0 Å². The smallest absolute Gasteiger partial charge is 0.286 e. The Morgan fingerprint density at radius 1 is 1.17 bits per heavy atom. The van der Waals surface area contributed by atoms with Crippen molar-refractivity contribution in [2.75, 3.05) is 11.9 Å². The number of nitrogens with zero attached hydrogens (tertiary/aromatic N) is 3. The van der Waals surface area contributed by atoms with Gasteiger partial charge in [0.25, 0.3) is 5.91 Å². The Labute approximate surface area is 177 Å². The lowest BCUT2D eigenvalue weighted by Crippen LogP contribution is -2.31. The van der Waals surface area contributed by atoms with E-state index < -0.39 is 27.8 Å². The van der Waals surface area contributed by atoms with Gasteiger partial charge in [0, 0.05) is 12.2 Å². The van der Waals surface area contributed by atoms with Gasteiger partial charge in [0.1, 0.15) is 10.8 Å². The predicted molar refractivity (Wildman–Crippen MR) is 111 cm³/mol. The summed E-state index contributed by atoms with van der Waals surface area (Å²) < 4.78 is 40.9. The number of benzene rings is 2. The monoisotopic (exact) mass is 446 g/mol. The fourth-order valence-electron chi connectivity index (χ4n) is 3.43. The van der Waals surface area contributed by atoms with Gasteiger partial charge in [0.2, 0.25) is 15.0 Å². The minimum atomic E-state index is -3.69. The fourth-order valence-corrected chi connectivity index (χ4v) is 6.27. The molecule has 0 spiro atoms. The van der Waals surface area contributed by atoms with Crippen molar-refractivity contribution >= 4 is 33.0 Å². The second-order valence-electron chi connectivity index (χ2n) is 6.95. The van der Waals surface area contributed by atoms with Gasteiger partial charge < -0.3 is 5.32 Å². The number of hydrogen-bond acceptors (Lipinski definition) is 6. The highest BCUT2D eigenvalue weighted by Crippen LogP contribution is 2.38. The van der Waals surface area contributed by atoms with E-state index in [2.05, 4.69) is 15.5 Å². The number of halogens is 1. The maximum atomic E-state index is 13.2. The van der Waals surface area contributed by atoms with E-state index in [-0.39, 0.29) is 9.90 Å². The number of anilines is 1. The maximum absolute atomic E-state index is 13.2. The summed E-state index contributed by atoms with van der Waals surface area (Å²) in [5.41, 5.74) is 1.11. The molecular formula is C20H19FN4O3S2. The number of aromatic nitrogens is 2. The fraction of sp³-hybridized carbons (Fsp3) is 0.250. The average Bonchev–Trinajstić information content (AvgIpc) is 3.39. The van der Waals surface area contributed by atoms with E-state index in [9.17, 15) is 17.6 Å². The van der Waals surface area contributed by atoms with E-state index in [1.807, 2.05) is 0 Å². The average molecular weight is 447 g/mol. The molecule has 0 radical (unpaired) electrons. The minimum Gasteiger partial charge on any atom is -0.320 e. The molecule has 1 atom stereocenters. The van der Waals surface area contributed by atoms with Gasteiger partial charge in [-0.2, -0.15) is 4.31 Å². The van der Waals surface area contributed by atoms with Crippen molar-refractivity contribution in [1.29, 1.82) is 0 Å². The zero-order chi connectivity index (χ0) is 21.3. The zero-order valence-corrected chi connectivity index (χ0v) is 17.7. The van der Waals surface area contributed by atoms with Gasteiger partial charge >= 0.3 is 0 Å². The van der Waals surface area contributed by atoms with Crippen molar-refractivity contribution in [3.63, 3.8) is 0 Å². The van der Waals surface area contributed by atoms with Crippen LogP contribution in [-0.4, -0.2) is 35.4 Å². The van der Waals surface area contributed by atoms with Crippen molar-refractivity contribution in [2.45, 2.75) is 30.7 Å². The molecule has 30 heavy (non-hydrogen) atoms. The lowest BCUT2D eigenvalue weighted by molar-refractivity contribution is 0.102. The number of carbonyl (C=O) groups is 1. The number of rotatable bonds is 5. The third-order valence-corrected chi connectivity index (χ3v) is 8.00. The molecule has 2 heterocycles. The molecule has 4 rings (SSSR count). The molecular weight excluding hydrogens is 427 g/mol. The van der Waals surface area contributed by atoms with E-state index in [0.717, 1.165) is 11.3 Å². The van der Waals surface area contributed by atoms with Crippen LogP contribution in [0.2, 0.25) is 0 Å². The van der Waals surface area contributed by atoms with Crippen LogP contribution < -0.4 is 5.32 Å². The molecule has 1 aliphatic heterocycles. The Hall–Kier alpha value is -2.69. The van der Waals surface area contributed by atoms with E-state index in [1.165, 1.54) is 28.6 Å². The number of amides is 1. The molecule has 0 bridgehead atoms. The highest BCUT2D eigenvalue weighted by Gasteiger charge is 2.39. The van der Waals surface area contributed by atoms with E-state index >= 15 is 0 Å².